The number of hydrogen-bond acceptors (Lipinski definition) is 4. The second-order valence-corrected chi connectivity index (χ2v) is 9.34. The van der Waals surface area contributed by atoms with E-state index in [1.807, 2.05) is 32.0 Å². The van der Waals surface area contributed by atoms with Crippen LogP contribution in [0.25, 0.3) is 0 Å². The van der Waals surface area contributed by atoms with Gasteiger partial charge < -0.3 is 10.2 Å². The minimum Gasteiger partial charge on any atom is -0.318 e. The highest BCUT2D eigenvalue weighted by atomic mass is 32.2. The lowest BCUT2D eigenvalue weighted by Crippen LogP contribution is -2.61. The van der Waals surface area contributed by atoms with E-state index in [9.17, 15) is 13.2 Å². The molecule has 0 aromatic heterocycles. The van der Waals surface area contributed by atoms with Crippen LogP contribution in [-0.4, -0.2) is 67.5 Å². The molecule has 1 N–H and O–H groups in total. The minimum absolute atomic E-state index is 0.0676. The van der Waals surface area contributed by atoms with Crippen LogP contribution in [0.2, 0.25) is 0 Å². The standard InChI is InChI=1S/C18H27N3O3S/c1-4-7-20-8-9-21(17-12-25(23,24)11-16(17)20)18(22)19-15-10-13(2)5-6-14(15)3/h5-6,10,16-17H,4,7-9,11-12H2,1-3H3,(H,19,22)/t16-,17+/m1/s1. The quantitative estimate of drug-likeness (QED) is 0.890. The van der Waals surface area contributed by atoms with Crippen LogP contribution in [0.15, 0.2) is 18.2 Å². The first-order chi connectivity index (χ1) is 11.8. The smallest absolute Gasteiger partial charge is 0.318 e. The minimum atomic E-state index is -3.10. The zero-order chi connectivity index (χ0) is 18.2. The van der Waals surface area contributed by atoms with E-state index in [4.69, 9.17) is 0 Å². The lowest BCUT2D eigenvalue weighted by Gasteiger charge is -2.43. The molecular weight excluding hydrogens is 338 g/mol. The molecule has 2 aliphatic heterocycles. The van der Waals surface area contributed by atoms with E-state index < -0.39 is 9.84 Å². The molecule has 2 aliphatic rings. The van der Waals surface area contributed by atoms with Gasteiger partial charge in [0.1, 0.15) is 0 Å². The summed E-state index contributed by atoms with van der Waals surface area (Å²) < 4.78 is 24.4. The van der Waals surface area contributed by atoms with E-state index in [0.29, 0.717) is 6.54 Å². The van der Waals surface area contributed by atoms with Crippen LogP contribution in [-0.2, 0) is 9.84 Å². The van der Waals surface area contributed by atoms with Gasteiger partial charge in [0.2, 0.25) is 0 Å². The molecule has 3 rings (SSSR count). The Kier molecular flexibility index (Phi) is 5.06. The van der Waals surface area contributed by atoms with Crippen LogP contribution in [0.1, 0.15) is 24.5 Å². The van der Waals surface area contributed by atoms with Crippen molar-refractivity contribution in [3.8, 4) is 0 Å². The predicted molar refractivity (Wildman–Crippen MR) is 99.7 cm³/mol. The highest BCUT2D eigenvalue weighted by molar-refractivity contribution is 7.91. The molecule has 2 saturated heterocycles. The Balaban J connectivity index is 1.80. The van der Waals surface area contributed by atoms with Crippen LogP contribution in [0.3, 0.4) is 0 Å². The highest BCUT2D eigenvalue weighted by Crippen LogP contribution is 2.28. The van der Waals surface area contributed by atoms with Crippen LogP contribution < -0.4 is 5.32 Å². The molecule has 0 unspecified atom stereocenters. The van der Waals surface area contributed by atoms with Crippen LogP contribution in [0, 0.1) is 13.8 Å². The van der Waals surface area contributed by atoms with E-state index in [1.54, 1.807) is 4.90 Å². The van der Waals surface area contributed by atoms with Crippen molar-refractivity contribution in [3.05, 3.63) is 29.3 Å². The van der Waals surface area contributed by atoms with Crippen molar-refractivity contribution in [2.45, 2.75) is 39.3 Å². The van der Waals surface area contributed by atoms with Crippen molar-refractivity contribution in [2.75, 3.05) is 36.5 Å². The highest BCUT2D eigenvalue weighted by Gasteiger charge is 2.47. The average molecular weight is 365 g/mol. The summed E-state index contributed by atoms with van der Waals surface area (Å²) in [5.41, 5.74) is 2.87. The topological polar surface area (TPSA) is 69.7 Å². The number of carbonyl (C=O) groups excluding carboxylic acids is 1. The number of urea groups is 1. The number of sulfone groups is 1. The number of nitrogens with zero attached hydrogens (tertiary/aromatic N) is 2. The Labute approximate surface area is 150 Å². The summed E-state index contributed by atoms with van der Waals surface area (Å²) in [6, 6.07) is 5.40. The first-order valence-corrected chi connectivity index (χ1v) is 10.7. The summed E-state index contributed by atoms with van der Waals surface area (Å²) in [7, 11) is -3.10. The number of carbonyl (C=O) groups is 1. The summed E-state index contributed by atoms with van der Waals surface area (Å²) in [6.07, 6.45) is 0.984. The van der Waals surface area contributed by atoms with Gasteiger partial charge in [-0.3, -0.25) is 4.90 Å². The molecule has 0 radical (unpaired) electrons. The number of amides is 2. The zero-order valence-corrected chi connectivity index (χ0v) is 16.0. The Hall–Kier alpha value is -1.60. The number of aryl methyl sites for hydroxylation is 2. The largest absolute Gasteiger partial charge is 0.322 e. The summed E-state index contributed by atoms with van der Waals surface area (Å²) in [5.74, 6) is 0.225. The van der Waals surface area contributed by atoms with Crippen LogP contribution in [0.5, 0.6) is 0 Å². The molecule has 7 heteroatoms. The molecule has 6 nitrogen and oxygen atoms in total. The maximum absolute atomic E-state index is 12.9. The fraction of sp³-hybridized carbons (Fsp3) is 0.611. The van der Waals surface area contributed by atoms with Crippen molar-refractivity contribution >= 4 is 21.6 Å². The molecule has 1 aromatic rings. The van der Waals surface area contributed by atoms with Gasteiger partial charge in [-0.1, -0.05) is 19.1 Å². The Morgan fingerprint density at radius 2 is 1.92 bits per heavy atom. The molecule has 0 saturated carbocycles. The second-order valence-electron chi connectivity index (χ2n) is 7.19. The van der Waals surface area contributed by atoms with Crippen molar-refractivity contribution in [1.29, 1.82) is 0 Å². The van der Waals surface area contributed by atoms with E-state index in [-0.39, 0.29) is 29.6 Å². The van der Waals surface area contributed by atoms with Gasteiger partial charge >= 0.3 is 6.03 Å². The van der Waals surface area contributed by atoms with Gasteiger partial charge in [0.15, 0.2) is 9.84 Å². The normalized spacial score (nSPS) is 25.6. The Bertz CT molecular complexity index is 763. The number of benzene rings is 1. The molecule has 2 amide bonds. The fourth-order valence-corrected chi connectivity index (χ4v) is 5.91. The second kappa shape index (κ2) is 6.96. The number of rotatable bonds is 3. The van der Waals surface area contributed by atoms with Crippen LogP contribution in [0.4, 0.5) is 10.5 Å². The van der Waals surface area contributed by atoms with E-state index in [1.165, 1.54) is 0 Å². The zero-order valence-electron chi connectivity index (χ0n) is 15.2. The molecule has 2 fully saturated rings. The van der Waals surface area contributed by atoms with Crippen molar-refractivity contribution < 1.29 is 13.2 Å². The Morgan fingerprint density at radius 3 is 2.64 bits per heavy atom. The molecule has 0 spiro atoms. The van der Waals surface area contributed by atoms with Gasteiger partial charge in [0, 0.05) is 24.8 Å². The molecule has 1 aromatic carbocycles. The van der Waals surface area contributed by atoms with Crippen LogP contribution >= 0.6 is 0 Å². The third kappa shape index (κ3) is 3.82. The van der Waals surface area contributed by atoms with Gasteiger partial charge in [0.05, 0.1) is 17.5 Å². The number of anilines is 1. The molecule has 0 bridgehead atoms. The number of piperazine rings is 1. The molecule has 2 atom stereocenters. The summed E-state index contributed by atoms with van der Waals surface area (Å²) in [4.78, 5) is 16.8. The Morgan fingerprint density at radius 1 is 1.20 bits per heavy atom. The molecular formula is C18H27N3O3S. The lowest BCUT2D eigenvalue weighted by atomic mass is 10.0. The SMILES string of the molecule is CCCN1CCN(C(=O)Nc2cc(C)ccc2C)[C@H]2CS(=O)(=O)C[C@H]21. The first-order valence-electron chi connectivity index (χ1n) is 8.90. The molecule has 2 heterocycles. The lowest BCUT2D eigenvalue weighted by molar-refractivity contribution is 0.0706. The van der Waals surface area contributed by atoms with Gasteiger partial charge in [0.25, 0.3) is 0 Å². The maximum atomic E-state index is 12.9. The van der Waals surface area contributed by atoms with Gasteiger partial charge in [-0.15, -0.1) is 0 Å². The summed E-state index contributed by atoms with van der Waals surface area (Å²) >= 11 is 0. The molecule has 25 heavy (non-hydrogen) atoms. The third-order valence-electron chi connectivity index (χ3n) is 5.20. The number of fused-ring (bicyclic) bond motifs is 1. The summed E-state index contributed by atoms with van der Waals surface area (Å²) in [5, 5.41) is 2.98. The maximum Gasteiger partial charge on any atom is 0.322 e. The van der Waals surface area contributed by atoms with Gasteiger partial charge in [-0.05, 0) is 44.0 Å². The van der Waals surface area contributed by atoms with Crippen molar-refractivity contribution in [3.63, 3.8) is 0 Å². The van der Waals surface area contributed by atoms with Crippen molar-refractivity contribution in [2.24, 2.45) is 0 Å². The molecule has 138 valence electrons. The number of hydrogen-bond donors (Lipinski definition) is 1. The van der Waals surface area contributed by atoms with E-state index >= 15 is 0 Å². The van der Waals surface area contributed by atoms with Crippen molar-refractivity contribution in [1.82, 2.24) is 9.80 Å². The molecule has 0 aliphatic carbocycles. The first kappa shape index (κ1) is 18.2. The average Bonchev–Trinajstić information content (AvgIpc) is 2.86. The summed E-state index contributed by atoms with van der Waals surface area (Å²) in [6.45, 7) is 8.20. The van der Waals surface area contributed by atoms with E-state index in [0.717, 1.165) is 36.3 Å². The van der Waals surface area contributed by atoms with Gasteiger partial charge in [-0.25, -0.2) is 13.2 Å². The van der Waals surface area contributed by atoms with E-state index in [2.05, 4.69) is 17.1 Å². The fourth-order valence-electron chi connectivity index (χ4n) is 3.90. The van der Waals surface area contributed by atoms with Gasteiger partial charge in [-0.2, -0.15) is 0 Å². The predicted octanol–water partition coefficient (Wildman–Crippen LogP) is 2.03. The number of nitrogens with one attached hydrogen (secondary N) is 1. The third-order valence-corrected chi connectivity index (χ3v) is 6.90. The monoisotopic (exact) mass is 365 g/mol.